The van der Waals surface area contributed by atoms with Crippen LogP contribution >= 0.6 is 0 Å². The zero-order valence-electron chi connectivity index (χ0n) is 10.6. The Morgan fingerprint density at radius 3 is 3.12 bits per heavy atom. The third-order valence-corrected chi connectivity index (χ3v) is 4.39. The van der Waals surface area contributed by atoms with Crippen molar-refractivity contribution in [2.75, 3.05) is 25.1 Å². The second-order valence-electron chi connectivity index (χ2n) is 5.09. The van der Waals surface area contributed by atoms with Crippen LogP contribution in [0.1, 0.15) is 25.5 Å². The molecule has 1 aromatic rings. The third kappa shape index (κ3) is 2.96. The molecule has 0 amide bonds. The second kappa shape index (κ2) is 5.31. The van der Waals surface area contributed by atoms with Crippen LogP contribution in [-0.4, -0.2) is 38.9 Å². The van der Waals surface area contributed by atoms with Gasteiger partial charge in [-0.15, -0.1) is 0 Å². The third-order valence-electron chi connectivity index (χ3n) is 3.53. The maximum Gasteiger partial charge on any atom is 0.0948 e. The molecule has 1 fully saturated rings. The molecule has 1 aromatic heterocycles. The standard InChI is InChI=1S/C12H21N3OS/c1-12(4-5-13-9-12)11-8-14-10-15(11)6-3-7-17(2)16/h8,10,13H,3-7,9H2,1-2H3. The molecule has 1 aliphatic rings. The van der Waals surface area contributed by atoms with Crippen LogP contribution in [0.3, 0.4) is 0 Å². The summed E-state index contributed by atoms with van der Waals surface area (Å²) in [4.78, 5) is 4.27. The topological polar surface area (TPSA) is 46.9 Å². The van der Waals surface area contributed by atoms with Crippen LogP contribution in [0.5, 0.6) is 0 Å². The summed E-state index contributed by atoms with van der Waals surface area (Å²) in [5, 5.41) is 3.41. The van der Waals surface area contributed by atoms with Crippen LogP contribution in [0, 0.1) is 0 Å². The summed E-state index contributed by atoms with van der Waals surface area (Å²) in [7, 11) is -0.692. The van der Waals surface area contributed by atoms with E-state index in [-0.39, 0.29) is 5.41 Å². The molecule has 0 radical (unpaired) electrons. The van der Waals surface area contributed by atoms with Gasteiger partial charge in [-0.2, -0.15) is 0 Å². The Morgan fingerprint density at radius 2 is 2.47 bits per heavy atom. The highest BCUT2D eigenvalue weighted by molar-refractivity contribution is 7.84. The van der Waals surface area contributed by atoms with Crippen LogP contribution < -0.4 is 5.32 Å². The van der Waals surface area contributed by atoms with Crippen molar-refractivity contribution in [2.24, 2.45) is 0 Å². The molecule has 1 saturated heterocycles. The largest absolute Gasteiger partial charge is 0.334 e. The van der Waals surface area contributed by atoms with Gasteiger partial charge in [0.2, 0.25) is 0 Å². The van der Waals surface area contributed by atoms with Gasteiger partial charge in [0.05, 0.1) is 6.33 Å². The highest BCUT2D eigenvalue weighted by Gasteiger charge is 2.33. The van der Waals surface area contributed by atoms with Gasteiger partial charge in [-0.05, 0) is 19.4 Å². The molecule has 0 aromatic carbocycles. The van der Waals surface area contributed by atoms with Crippen LogP contribution in [0.15, 0.2) is 12.5 Å². The number of nitrogens with one attached hydrogen (secondary N) is 1. The van der Waals surface area contributed by atoms with E-state index in [1.807, 2.05) is 12.5 Å². The van der Waals surface area contributed by atoms with Gasteiger partial charge in [0.15, 0.2) is 0 Å². The van der Waals surface area contributed by atoms with Crippen molar-refractivity contribution in [3.8, 4) is 0 Å². The van der Waals surface area contributed by atoms with Gasteiger partial charge < -0.3 is 9.88 Å². The van der Waals surface area contributed by atoms with Crippen molar-refractivity contribution in [1.29, 1.82) is 0 Å². The monoisotopic (exact) mass is 255 g/mol. The fraction of sp³-hybridized carbons (Fsp3) is 0.750. The lowest BCUT2D eigenvalue weighted by molar-refractivity contribution is 0.470. The number of nitrogens with zero attached hydrogens (tertiary/aromatic N) is 2. The first-order valence-electron chi connectivity index (χ1n) is 6.13. The van der Waals surface area contributed by atoms with E-state index >= 15 is 0 Å². The van der Waals surface area contributed by atoms with E-state index in [0.717, 1.165) is 31.8 Å². The summed E-state index contributed by atoms with van der Waals surface area (Å²) in [6.45, 7) is 5.32. The molecule has 2 unspecified atom stereocenters. The first-order valence-corrected chi connectivity index (χ1v) is 7.86. The van der Waals surface area contributed by atoms with Crippen LogP contribution in [0.25, 0.3) is 0 Å². The van der Waals surface area contributed by atoms with E-state index in [2.05, 4.69) is 21.8 Å². The molecule has 2 rings (SSSR count). The number of aryl methyl sites for hydroxylation is 1. The molecule has 17 heavy (non-hydrogen) atoms. The lowest BCUT2D eigenvalue weighted by atomic mass is 9.86. The Hall–Kier alpha value is -0.680. The van der Waals surface area contributed by atoms with Gasteiger partial charge in [0.1, 0.15) is 0 Å². The Bertz CT molecular complexity index is 396. The van der Waals surface area contributed by atoms with E-state index in [1.54, 1.807) is 6.26 Å². The van der Waals surface area contributed by atoms with Crippen molar-refractivity contribution < 1.29 is 4.21 Å². The lowest BCUT2D eigenvalue weighted by Gasteiger charge is -2.24. The first-order chi connectivity index (χ1) is 8.12. The van der Waals surface area contributed by atoms with Crippen LogP contribution in [0.2, 0.25) is 0 Å². The molecular formula is C12H21N3OS. The summed E-state index contributed by atoms with van der Waals surface area (Å²) in [6, 6.07) is 0. The molecule has 2 atom stereocenters. The molecule has 1 aliphatic heterocycles. The predicted molar refractivity (Wildman–Crippen MR) is 70.6 cm³/mol. The minimum absolute atomic E-state index is 0.210. The molecule has 5 heteroatoms. The summed E-state index contributed by atoms with van der Waals surface area (Å²) >= 11 is 0. The Morgan fingerprint density at radius 1 is 1.65 bits per heavy atom. The fourth-order valence-corrected chi connectivity index (χ4v) is 3.01. The molecule has 0 saturated carbocycles. The molecule has 1 N–H and O–H groups in total. The van der Waals surface area contributed by atoms with Crippen LogP contribution in [-0.2, 0) is 22.8 Å². The number of imidazole rings is 1. The summed E-state index contributed by atoms with van der Waals surface area (Å²) in [5.41, 5.74) is 1.52. The summed E-state index contributed by atoms with van der Waals surface area (Å²) in [5.74, 6) is 0.770. The van der Waals surface area contributed by atoms with Gasteiger partial charge in [0.25, 0.3) is 0 Å². The normalized spacial score (nSPS) is 26.2. The maximum atomic E-state index is 11.1. The van der Waals surface area contributed by atoms with E-state index in [0.29, 0.717) is 0 Å². The van der Waals surface area contributed by atoms with Gasteiger partial charge in [-0.25, -0.2) is 4.98 Å². The average molecular weight is 255 g/mol. The predicted octanol–water partition coefficient (Wildman–Crippen LogP) is 0.903. The van der Waals surface area contributed by atoms with E-state index in [9.17, 15) is 4.21 Å². The number of aromatic nitrogens is 2. The zero-order valence-corrected chi connectivity index (χ0v) is 11.4. The minimum atomic E-state index is -0.692. The Kier molecular flexibility index (Phi) is 3.99. The number of hydrogen-bond donors (Lipinski definition) is 1. The Labute approximate surface area is 105 Å². The number of hydrogen-bond acceptors (Lipinski definition) is 3. The van der Waals surface area contributed by atoms with E-state index in [1.165, 1.54) is 12.1 Å². The highest BCUT2D eigenvalue weighted by Crippen LogP contribution is 2.29. The molecule has 2 heterocycles. The first kappa shape index (κ1) is 12.8. The van der Waals surface area contributed by atoms with Crippen molar-refractivity contribution in [1.82, 2.24) is 14.9 Å². The number of rotatable bonds is 5. The Balaban J connectivity index is 2.03. The van der Waals surface area contributed by atoms with Gasteiger partial charge in [-0.1, -0.05) is 6.92 Å². The molecule has 0 spiro atoms. The van der Waals surface area contributed by atoms with E-state index in [4.69, 9.17) is 0 Å². The lowest BCUT2D eigenvalue weighted by Crippen LogP contribution is -2.28. The van der Waals surface area contributed by atoms with Crippen molar-refractivity contribution >= 4 is 10.8 Å². The van der Waals surface area contributed by atoms with Crippen molar-refractivity contribution in [3.05, 3.63) is 18.2 Å². The molecule has 96 valence electrons. The summed E-state index contributed by atoms with van der Waals surface area (Å²) < 4.78 is 13.3. The molecular weight excluding hydrogens is 234 g/mol. The molecule has 0 bridgehead atoms. The van der Waals surface area contributed by atoms with E-state index < -0.39 is 10.8 Å². The van der Waals surface area contributed by atoms with Gasteiger partial charge >= 0.3 is 0 Å². The maximum absolute atomic E-state index is 11.1. The smallest absolute Gasteiger partial charge is 0.0948 e. The zero-order chi connectivity index (χ0) is 12.3. The minimum Gasteiger partial charge on any atom is -0.334 e. The van der Waals surface area contributed by atoms with Crippen molar-refractivity contribution in [3.63, 3.8) is 0 Å². The van der Waals surface area contributed by atoms with Gasteiger partial charge in [0, 0.05) is 53.2 Å². The summed E-state index contributed by atoms with van der Waals surface area (Å²) in [6.07, 6.45) is 7.76. The highest BCUT2D eigenvalue weighted by atomic mass is 32.2. The van der Waals surface area contributed by atoms with Crippen molar-refractivity contribution in [2.45, 2.75) is 31.7 Å². The average Bonchev–Trinajstić information content (AvgIpc) is 2.87. The fourth-order valence-electron chi connectivity index (χ4n) is 2.48. The van der Waals surface area contributed by atoms with Gasteiger partial charge in [-0.3, -0.25) is 4.21 Å². The van der Waals surface area contributed by atoms with Crippen LogP contribution in [0.4, 0.5) is 0 Å². The molecule has 4 nitrogen and oxygen atoms in total. The SMILES string of the molecule is CS(=O)CCCn1cncc1C1(C)CCNC1. The second-order valence-corrected chi connectivity index (χ2v) is 6.65. The molecule has 0 aliphatic carbocycles. The quantitative estimate of drug-likeness (QED) is 0.850.